The number of aromatic nitrogens is 1. The van der Waals surface area contributed by atoms with Crippen molar-refractivity contribution in [2.75, 3.05) is 0 Å². The number of benzene rings is 1. The molecule has 0 saturated heterocycles. The Labute approximate surface area is 132 Å². The van der Waals surface area contributed by atoms with Gasteiger partial charge in [0.1, 0.15) is 5.49 Å². The minimum absolute atomic E-state index is 0.0833. The first-order chi connectivity index (χ1) is 10.5. The Kier molecular flexibility index (Phi) is 5.31. The molecule has 22 heavy (non-hydrogen) atoms. The van der Waals surface area contributed by atoms with Gasteiger partial charge in [-0.2, -0.15) is 0 Å². The van der Waals surface area contributed by atoms with Crippen LogP contribution in [0.25, 0.3) is 0 Å². The highest BCUT2D eigenvalue weighted by Gasteiger charge is 2.07. The van der Waals surface area contributed by atoms with Crippen LogP contribution in [0.1, 0.15) is 41.8 Å². The van der Waals surface area contributed by atoms with E-state index in [2.05, 4.69) is 37.0 Å². The maximum absolute atomic E-state index is 12.5. The summed E-state index contributed by atoms with van der Waals surface area (Å²) in [5.41, 5.74) is 4.46. The molecule has 0 fully saturated rings. The van der Waals surface area contributed by atoms with Gasteiger partial charge in [-0.1, -0.05) is 29.8 Å². The molecule has 0 amide bonds. The SMILES string of the molecule is Cc1ccc(CCC(=O)n2ccccc2=NC(C)C)c(C)c1. The van der Waals surface area contributed by atoms with E-state index in [-0.39, 0.29) is 11.9 Å². The molecule has 3 nitrogen and oxygen atoms in total. The molecule has 0 radical (unpaired) electrons. The van der Waals surface area contributed by atoms with Crippen molar-refractivity contribution in [2.45, 2.75) is 46.6 Å². The molecule has 0 saturated carbocycles. The van der Waals surface area contributed by atoms with Gasteiger partial charge >= 0.3 is 0 Å². The number of hydrogen-bond acceptors (Lipinski definition) is 2. The highest BCUT2D eigenvalue weighted by Crippen LogP contribution is 2.12. The third-order valence-corrected chi connectivity index (χ3v) is 3.60. The molecular weight excluding hydrogens is 272 g/mol. The van der Waals surface area contributed by atoms with E-state index in [0.29, 0.717) is 6.42 Å². The second-order valence-corrected chi connectivity index (χ2v) is 5.98. The van der Waals surface area contributed by atoms with Crippen molar-refractivity contribution in [3.05, 3.63) is 64.8 Å². The van der Waals surface area contributed by atoms with Gasteiger partial charge in [-0.05, 0) is 57.4 Å². The number of aryl methyl sites for hydroxylation is 3. The molecule has 1 aromatic carbocycles. The summed E-state index contributed by atoms with van der Waals surface area (Å²) in [5, 5.41) is 0. The van der Waals surface area contributed by atoms with Crippen molar-refractivity contribution in [3.63, 3.8) is 0 Å². The highest BCUT2D eigenvalue weighted by atomic mass is 16.2. The summed E-state index contributed by atoms with van der Waals surface area (Å²) in [6.45, 7) is 8.21. The van der Waals surface area contributed by atoms with Crippen LogP contribution in [0, 0.1) is 13.8 Å². The summed E-state index contributed by atoms with van der Waals surface area (Å²) in [6, 6.07) is 12.2. The van der Waals surface area contributed by atoms with Crippen molar-refractivity contribution in [3.8, 4) is 0 Å². The fourth-order valence-corrected chi connectivity index (χ4v) is 2.50. The lowest BCUT2D eigenvalue weighted by atomic mass is 10.0. The molecular formula is C19H24N2O. The van der Waals surface area contributed by atoms with Crippen molar-refractivity contribution in [1.82, 2.24) is 4.57 Å². The predicted octanol–water partition coefficient (Wildman–Crippen LogP) is 3.69. The summed E-state index contributed by atoms with van der Waals surface area (Å²) in [5.74, 6) is 0.0833. The minimum atomic E-state index is 0.0833. The van der Waals surface area contributed by atoms with Gasteiger partial charge in [0.2, 0.25) is 5.91 Å². The molecule has 1 aromatic heterocycles. The van der Waals surface area contributed by atoms with Crippen molar-refractivity contribution in [1.29, 1.82) is 0 Å². The smallest absolute Gasteiger partial charge is 0.232 e. The van der Waals surface area contributed by atoms with Gasteiger partial charge in [-0.15, -0.1) is 0 Å². The maximum atomic E-state index is 12.5. The fourth-order valence-electron chi connectivity index (χ4n) is 2.50. The van der Waals surface area contributed by atoms with Crippen LogP contribution in [-0.4, -0.2) is 16.5 Å². The monoisotopic (exact) mass is 296 g/mol. The first-order valence-electron chi connectivity index (χ1n) is 7.78. The van der Waals surface area contributed by atoms with Crippen LogP contribution in [0.4, 0.5) is 0 Å². The zero-order valence-electron chi connectivity index (χ0n) is 13.8. The molecule has 1 heterocycles. The van der Waals surface area contributed by atoms with Gasteiger partial charge in [0.05, 0.1) is 0 Å². The number of carbonyl (C=O) groups is 1. The fraction of sp³-hybridized carbons (Fsp3) is 0.368. The lowest BCUT2D eigenvalue weighted by Gasteiger charge is -2.09. The summed E-state index contributed by atoms with van der Waals surface area (Å²) < 4.78 is 1.66. The molecule has 0 unspecified atom stereocenters. The topological polar surface area (TPSA) is 34.4 Å². The average Bonchev–Trinajstić information content (AvgIpc) is 2.46. The molecule has 0 aliphatic rings. The number of nitrogens with zero attached hydrogens (tertiary/aromatic N) is 2. The van der Waals surface area contributed by atoms with E-state index in [1.54, 1.807) is 10.8 Å². The largest absolute Gasteiger partial charge is 0.274 e. The van der Waals surface area contributed by atoms with Gasteiger partial charge in [0, 0.05) is 18.7 Å². The van der Waals surface area contributed by atoms with Crippen LogP contribution in [0.15, 0.2) is 47.6 Å². The first kappa shape index (κ1) is 16.2. The summed E-state index contributed by atoms with van der Waals surface area (Å²) >= 11 is 0. The summed E-state index contributed by atoms with van der Waals surface area (Å²) in [6.07, 6.45) is 3.04. The highest BCUT2D eigenvalue weighted by molar-refractivity contribution is 5.78. The van der Waals surface area contributed by atoms with Gasteiger partial charge in [-0.25, -0.2) is 0 Å². The van der Waals surface area contributed by atoms with Gasteiger partial charge in [-0.3, -0.25) is 14.4 Å². The number of rotatable bonds is 4. The third kappa shape index (κ3) is 4.17. The minimum Gasteiger partial charge on any atom is -0.274 e. The standard InChI is InChI=1S/C19H24N2O/c1-14(2)20-18-7-5-6-12-21(18)19(22)11-10-17-9-8-15(3)13-16(17)4/h5-9,12-14H,10-11H2,1-4H3. The van der Waals surface area contributed by atoms with E-state index in [9.17, 15) is 4.79 Å². The van der Waals surface area contributed by atoms with E-state index < -0.39 is 0 Å². The molecule has 0 aliphatic heterocycles. The quantitative estimate of drug-likeness (QED) is 0.847. The molecule has 2 rings (SSSR count). The molecule has 2 aromatic rings. The number of carbonyl (C=O) groups excluding carboxylic acids is 1. The lowest BCUT2D eigenvalue weighted by Crippen LogP contribution is -2.27. The molecule has 0 spiro atoms. The molecule has 0 N–H and O–H groups in total. The van der Waals surface area contributed by atoms with E-state index in [1.165, 1.54) is 16.7 Å². The van der Waals surface area contributed by atoms with Crippen LogP contribution in [0.5, 0.6) is 0 Å². The van der Waals surface area contributed by atoms with E-state index >= 15 is 0 Å². The molecule has 0 bridgehead atoms. The Hall–Kier alpha value is -2.16. The third-order valence-electron chi connectivity index (χ3n) is 3.60. The van der Waals surface area contributed by atoms with Crippen LogP contribution in [0.3, 0.4) is 0 Å². The van der Waals surface area contributed by atoms with Crippen LogP contribution in [0.2, 0.25) is 0 Å². The van der Waals surface area contributed by atoms with Gasteiger partial charge in [0.15, 0.2) is 0 Å². The van der Waals surface area contributed by atoms with E-state index in [4.69, 9.17) is 0 Å². The molecule has 3 heteroatoms. The number of pyridine rings is 1. The lowest BCUT2D eigenvalue weighted by molar-refractivity contribution is 0.0897. The molecule has 0 atom stereocenters. The zero-order chi connectivity index (χ0) is 16.1. The van der Waals surface area contributed by atoms with Crippen molar-refractivity contribution < 1.29 is 4.79 Å². The van der Waals surface area contributed by atoms with Crippen LogP contribution in [-0.2, 0) is 6.42 Å². The van der Waals surface area contributed by atoms with E-state index in [1.807, 2.05) is 32.0 Å². The molecule has 116 valence electrons. The Morgan fingerprint density at radius 1 is 1.18 bits per heavy atom. The van der Waals surface area contributed by atoms with Crippen molar-refractivity contribution in [2.24, 2.45) is 4.99 Å². The normalized spacial score (nSPS) is 12.0. The summed E-state index contributed by atoms with van der Waals surface area (Å²) in [7, 11) is 0. The van der Waals surface area contributed by atoms with Gasteiger partial charge in [0.25, 0.3) is 0 Å². The van der Waals surface area contributed by atoms with Crippen LogP contribution < -0.4 is 5.49 Å². The second-order valence-electron chi connectivity index (χ2n) is 5.98. The van der Waals surface area contributed by atoms with Crippen LogP contribution >= 0.6 is 0 Å². The zero-order valence-corrected chi connectivity index (χ0v) is 13.8. The van der Waals surface area contributed by atoms with E-state index in [0.717, 1.165) is 11.9 Å². The average molecular weight is 296 g/mol. The summed E-state index contributed by atoms with van der Waals surface area (Å²) in [4.78, 5) is 17.0. The number of hydrogen-bond donors (Lipinski definition) is 0. The Bertz CT molecular complexity index is 726. The van der Waals surface area contributed by atoms with Gasteiger partial charge < -0.3 is 0 Å². The predicted molar refractivity (Wildman–Crippen MR) is 90.0 cm³/mol. The Balaban J connectivity index is 2.17. The van der Waals surface area contributed by atoms with Crippen molar-refractivity contribution >= 4 is 5.91 Å². The Morgan fingerprint density at radius 2 is 1.95 bits per heavy atom. The second kappa shape index (κ2) is 7.21. The molecule has 0 aliphatic carbocycles. The first-order valence-corrected chi connectivity index (χ1v) is 7.78. The Morgan fingerprint density at radius 3 is 2.64 bits per heavy atom. The maximum Gasteiger partial charge on any atom is 0.232 e.